The molecular formula is C11H24N2S. The first-order valence-corrected chi connectivity index (χ1v) is 6.77. The largest absolute Gasteiger partial charge is 0.318 e. The maximum Gasteiger partial charge on any atom is 0.0221 e. The first kappa shape index (κ1) is 12.3. The average Bonchev–Trinajstić information content (AvgIpc) is 2.19. The van der Waals surface area contributed by atoms with Gasteiger partial charge in [-0.05, 0) is 20.4 Å². The Labute approximate surface area is 92.8 Å². The SMILES string of the molecule is CCC(CNC)N1CCSC(C)C1C. The lowest BCUT2D eigenvalue weighted by atomic mass is 10.1. The van der Waals surface area contributed by atoms with Crippen molar-refractivity contribution in [1.29, 1.82) is 0 Å². The molecule has 84 valence electrons. The van der Waals surface area contributed by atoms with E-state index in [2.05, 4.69) is 49.8 Å². The highest BCUT2D eigenvalue weighted by Crippen LogP contribution is 2.26. The van der Waals surface area contributed by atoms with Gasteiger partial charge in [0.15, 0.2) is 0 Å². The Balaban J connectivity index is 2.54. The zero-order valence-corrected chi connectivity index (χ0v) is 10.7. The predicted octanol–water partition coefficient (Wildman–Crippen LogP) is 1.81. The zero-order valence-electron chi connectivity index (χ0n) is 9.92. The Morgan fingerprint density at radius 1 is 1.50 bits per heavy atom. The van der Waals surface area contributed by atoms with E-state index in [1.165, 1.54) is 18.7 Å². The van der Waals surface area contributed by atoms with Crippen LogP contribution in [0.3, 0.4) is 0 Å². The molecule has 1 heterocycles. The quantitative estimate of drug-likeness (QED) is 0.771. The molecule has 2 nitrogen and oxygen atoms in total. The van der Waals surface area contributed by atoms with Crippen LogP contribution in [0, 0.1) is 0 Å². The van der Waals surface area contributed by atoms with Gasteiger partial charge in [-0.15, -0.1) is 0 Å². The van der Waals surface area contributed by atoms with Gasteiger partial charge in [-0.25, -0.2) is 0 Å². The fraction of sp³-hybridized carbons (Fsp3) is 1.00. The summed E-state index contributed by atoms with van der Waals surface area (Å²) in [5, 5.41) is 4.09. The molecule has 0 amide bonds. The molecule has 0 aromatic rings. The summed E-state index contributed by atoms with van der Waals surface area (Å²) in [6, 6.07) is 1.45. The molecule has 1 aliphatic rings. The van der Waals surface area contributed by atoms with Gasteiger partial charge in [0.2, 0.25) is 0 Å². The predicted molar refractivity (Wildman–Crippen MR) is 66.1 cm³/mol. The number of thioether (sulfide) groups is 1. The van der Waals surface area contributed by atoms with Crippen LogP contribution in [-0.4, -0.2) is 48.1 Å². The van der Waals surface area contributed by atoms with Crippen LogP contribution in [0.15, 0.2) is 0 Å². The molecule has 0 saturated carbocycles. The van der Waals surface area contributed by atoms with E-state index < -0.39 is 0 Å². The van der Waals surface area contributed by atoms with Crippen LogP contribution in [0.1, 0.15) is 27.2 Å². The first-order chi connectivity index (χ1) is 6.70. The van der Waals surface area contributed by atoms with Crippen molar-refractivity contribution >= 4 is 11.8 Å². The summed E-state index contributed by atoms with van der Waals surface area (Å²) in [4.78, 5) is 2.68. The van der Waals surface area contributed by atoms with Crippen LogP contribution < -0.4 is 5.32 Å². The highest BCUT2D eigenvalue weighted by atomic mass is 32.2. The van der Waals surface area contributed by atoms with Crippen molar-refractivity contribution < 1.29 is 0 Å². The third-order valence-corrected chi connectivity index (χ3v) is 4.65. The lowest BCUT2D eigenvalue weighted by Crippen LogP contribution is -2.52. The second kappa shape index (κ2) is 5.99. The minimum Gasteiger partial charge on any atom is -0.318 e. The number of hydrogen-bond acceptors (Lipinski definition) is 3. The van der Waals surface area contributed by atoms with Crippen molar-refractivity contribution in [2.75, 3.05) is 25.9 Å². The van der Waals surface area contributed by atoms with Crippen molar-refractivity contribution in [1.82, 2.24) is 10.2 Å². The van der Waals surface area contributed by atoms with Crippen molar-refractivity contribution in [3.8, 4) is 0 Å². The lowest BCUT2D eigenvalue weighted by molar-refractivity contribution is 0.141. The van der Waals surface area contributed by atoms with Crippen LogP contribution in [0.5, 0.6) is 0 Å². The molecule has 3 atom stereocenters. The van der Waals surface area contributed by atoms with Crippen LogP contribution >= 0.6 is 11.8 Å². The molecule has 1 fully saturated rings. The fourth-order valence-electron chi connectivity index (χ4n) is 2.20. The summed E-state index contributed by atoms with van der Waals surface area (Å²) in [6.45, 7) is 9.40. The number of rotatable bonds is 4. The van der Waals surface area contributed by atoms with E-state index in [-0.39, 0.29) is 0 Å². The molecule has 1 N–H and O–H groups in total. The van der Waals surface area contributed by atoms with E-state index in [0.717, 1.165) is 23.9 Å². The fourth-order valence-corrected chi connectivity index (χ4v) is 3.33. The molecule has 14 heavy (non-hydrogen) atoms. The Kier molecular flexibility index (Phi) is 5.28. The second-order valence-corrected chi connectivity index (χ2v) is 5.66. The topological polar surface area (TPSA) is 15.3 Å². The van der Waals surface area contributed by atoms with Gasteiger partial charge in [0, 0.05) is 36.2 Å². The minimum atomic E-state index is 0.721. The van der Waals surface area contributed by atoms with Gasteiger partial charge in [0.05, 0.1) is 0 Å². The van der Waals surface area contributed by atoms with E-state index >= 15 is 0 Å². The molecule has 0 aromatic heterocycles. The van der Waals surface area contributed by atoms with Gasteiger partial charge >= 0.3 is 0 Å². The second-order valence-electron chi connectivity index (χ2n) is 4.17. The van der Waals surface area contributed by atoms with Gasteiger partial charge in [0.1, 0.15) is 0 Å². The maximum atomic E-state index is 3.30. The standard InChI is InChI=1S/C11H24N2S/c1-5-11(8-12-4)13-6-7-14-10(3)9(13)2/h9-12H,5-8H2,1-4H3. The van der Waals surface area contributed by atoms with Crippen LogP contribution in [0.4, 0.5) is 0 Å². The van der Waals surface area contributed by atoms with E-state index in [4.69, 9.17) is 0 Å². The zero-order chi connectivity index (χ0) is 10.6. The van der Waals surface area contributed by atoms with Gasteiger partial charge < -0.3 is 5.32 Å². The number of nitrogens with zero attached hydrogens (tertiary/aromatic N) is 1. The van der Waals surface area contributed by atoms with Gasteiger partial charge in [-0.3, -0.25) is 4.90 Å². The molecule has 0 aromatic carbocycles. The van der Waals surface area contributed by atoms with E-state index in [1.807, 2.05) is 0 Å². The molecule has 1 saturated heterocycles. The summed E-state index contributed by atoms with van der Waals surface area (Å²) in [5.74, 6) is 1.30. The summed E-state index contributed by atoms with van der Waals surface area (Å²) >= 11 is 2.11. The molecular weight excluding hydrogens is 192 g/mol. The van der Waals surface area contributed by atoms with Crippen molar-refractivity contribution in [3.63, 3.8) is 0 Å². The normalized spacial score (nSPS) is 31.7. The lowest BCUT2D eigenvalue weighted by Gasteiger charge is -2.42. The Morgan fingerprint density at radius 2 is 2.21 bits per heavy atom. The molecule has 3 heteroatoms. The summed E-state index contributed by atoms with van der Waals surface area (Å²) < 4.78 is 0. The molecule has 0 bridgehead atoms. The number of hydrogen-bond donors (Lipinski definition) is 1. The molecule has 3 unspecified atom stereocenters. The molecule has 1 rings (SSSR count). The minimum absolute atomic E-state index is 0.721. The Hall–Kier alpha value is 0.270. The molecule has 0 aliphatic carbocycles. The summed E-state index contributed by atoms with van der Waals surface area (Å²) in [7, 11) is 2.05. The van der Waals surface area contributed by atoms with Gasteiger partial charge in [-0.2, -0.15) is 11.8 Å². The van der Waals surface area contributed by atoms with Crippen molar-refractivity contribution in [2.24, 2.45) is 0 Å². The number of nitrogens with one attached hydrogen (secondary N) is 1. The van der Waals surface area contributed by atoms with E-state index in [1.54, 1.807) is 0 Å². The smallest absolute Gasteiger partial charge is 0.0221 e. The molecule has 1 aliphatic heterocycles. The summed E-state index contributed by atoms with van der Waals surface area (Å²) in [6.07, 6.45) is 1.25. The molecule has 0 spiro atoms. The third-order valence-electron chi connectivity index (χ3n) is 3.31. The van der Waals surface area contributed by atoms with Crippen LogP contribution in [0.25, 0.3) is 0 Å². The van der Waals surface area contributed by atoms with E-state index in [9.17, 15) is 0 Å². The third kappa shape index (κ3) is 2.88. The molecule has 0 radical (unpaired) electrons. The van der Waals surface area contributed by atoms with E-state index in [0.29, 0.717) is 0 Å². The van der Waals surface area contributed by atoms with Gasteiger partial charge in [0.25, 0.3) is 0 Å². The van der Waals surface area contributed by atoms with Crippen molar-refractivity contribution in [3.05, 3.63) is 0 Å². The highest BCUT2D eigenvalue weighted by molar-refractivity contribution is 8.00. The summed E-state index contributed by atoms with van der Waals surface area (Å²) in [5.41, 5.74) is 0. The monoisotopic (exact) mass is 216 g/mol. The average molecular weight is 216 g/mol. The maximum absolute atomic E-state index is 3.30. The van der Waals surface area contributed by atoms with Crippen LogP contribution in [0.2, 0.25) is 0 Å². The Bertz CT molecular complexity index is 163. The van der Waals surface area contributed by atoms with Crippen LogP contribution in [-0.2, 0) is 0 Å². The van der Waals surface area contributed by atoms with Crippen molar-refractivity contribution in [2.45, 2.75) is 44.5 Å². The number of likely N-dealkylation sites (N-methyl/N-ethyl adjacent to an activating group) is 1. The first-order valence-electron chi connectivity index (χ1n) is 5.72. The Morgan fingerprint density at radius 3 is 2.79 bits per heavy atom. The van der Waals surface area contributed by atoms with Gasteiger partial charge in [-0.1, -0.05) is 13.8 Å². The highest BCUT2D eigenvalue weighted by Gasteiger charge is 2.29.